The second-order valence-electron chi connectivity index (χ2n) is 7.16. The molecular weight excluding hydrogens is 334 g/mol. The maximum atomic E-state index is 12.4. The standard InChI is InChI=1S/C21H22ClNO2/c22-19-4-2-1-3-17(19)13-25-18-9-7-15(8-10-18)21(24)23-20-12-14-5-6-16(20)11-14/h1-4,7-10,14,16,20H,5-6,11-13H2,(H,23,24)/t14-,16-,20-/m1/s1. The quantitative estimate of drug-likeness (QED) is 0.833. The molecule has 1 N–H and O–H groups in total. The summed E-state index contributed by atoms with van der Waals surface area (Å²) in [6.07, 6.45) is 5.05. The van der Waals surface area contributed by atoms with Gasteiger partial charge in [-0.05, 0) is 61.4 Å². The lowest BCUT2D eigenvalue weighted by atomic mass is 9.95. The highest BCUT2D eigenvalue weighted by Crippen LogP contribution is 2.44. The van der Waals surface area contributed by atoms with Crippen molar-refractivity contribution in [3.05, 3.63) is 64.7 Å². The summed E-state index contributed by atoms with van der Waals surface area (Å²) in [6, 6.07) is 15.3. The minimum Gasteiger partial charge on any atom is -0.489 e. The zero-order valence-corrected chi connectivity index (χ0v) is 14.8. The summed E-state index contributed by atoms with van der Waals surface area (Å²) in [7, 11) is 0. The predicted octanol–water partition coefficient (Wildman–Crippen LogP) is 4.84. The molecule has 3 nitrogen and oxygen atoms in total. The number of amides is 1. The van der Waals surface area contributed by atoms with E-state index in [9.17, 15) is 4.79 Å². The zero-order valence-electron chi connectivity index (χ0n) is 14.1. The van der Waals surface area contributed by atoms with Crippen LogP contribution in [0.4, 0.5) is 0 Å². The number of hydrogen-bond acceptors (Lipinski definition) is 2. The molecule has 3 atom stereocenters. The predicted molar refractivity (Wildman–Crippen MR) is 98.9 cm³/mol. The average molecular weight is 356 g/mol. The molecule has 2 aliphatic rings. The van der Waals surface area contributed by atoms with E-state index >= 15 is 0 Å². The summed E-state index contributed by atoms with van der Waals surface area (Å²) in [5, 5.41) is 3.91. The molecule has 4 heteroatoms. The third-order valence-electron chi connectivity index (χ3n) is 5.52. The Bertz CT molecular complexity index is 759. The van der Waals surface area contributed by atoms with Crippen molar-refractivity contribution in [1.29, 1.82) is 0 Å². The van der Waals surface area contributed by atoms with E-state index in [0.717, 1.165) is 23.7 Å². The second kappa shape index (κ2) is 7.09. The Labute approximate surface area is 153 Å². The average Bonchev–Trinajstić information content (AvgIpc) is 3.24. The number of ether oxygens (including phenoxy) is 1. The van der Waals surface area contributed by atoms with Gasteiger partial charge in [-0.2, -0.15) is 0 Å². The highest BCUT2D eigenvalue weighted by Gasteiger charge is 2.40. The third kappa shape index (κ3) is 3.67. The van der Waals surface area contributed by atoms with E-state index in [1.165, 1.54) is 19.3 Å². The minimum absolute atomic E-state index is 0.0233. The molecule has 1 amide bonds. The fourth-order valence-corrected chi connectivity index (χ4v) is 4.34. The smallest absolute Gasteiger partial charge is 0.251 e. The van der Waals surface area contributed by atoms with Gasteiger partial charge in [0.2, 0.25) is 0 Å². The van der Waals surface area contributed by atoms with E-state index in [1.54, 1.807) is 0 Å². The molecule has 4 rings (SSSR count). The van der Waals surface area contributed by atoms with Crippen molar-refractivity contribution in [2.75, 3.05) is 0 Å². The van der Waals surface area contributed by atoms with Crippen LogP contribution in [-0.4, -0.2) is 11.9 Å². The maximum absolute atomic E-state index is 12.4. The Kier molecular flexibility index (Phi) is 4.67. The van der Waals surface area contributed by atoms with Crippen LogP contribution < -0.4 is 10.1 Å². The van der Waals surface area contributed by atoms with Gasteiger partial charge in [-0.15, -0.1) is 0 Å². The van der Waals surface area contributed by atoms with Crippen LogP contribution in [0.15, 0.2) is 48.5 Å². The van der Waals surface area contributed by atoms with E-state index in [-0.39, 0.29) is 5.91 Å². The minimum atomic E-state index is 0.0233. The molecule has 2 aromatic rings. The molecule has 0 heterocycles. The molecule has 2 aliphatic carbocycles. The molecule has 25 heavy (non-hydrogen) atoms. The monoisotopic (exact) mass is 355 g/mol. The molecule has 0 unspecified atom stereocenters. The summed E-state index contributed by atoms with van der Waals surface area (Å²) in [5.41, 5.74) is 1.63. The molecule has 2 saturated carbocycles. The number of nitrogens with one attached hydrogen (secondary N) is 1. The van der Waals surface area contributed by atoms with Crippen molar-refractivity contribution < 1.29 is 9.53 Å². The van der Waals surface area contributed by atoms with Crippen LogP contribution in [0.1, 0.15) is 41.6 Å². The highest BCUT2D eigenvalue weighted by atomic mass is 35.5. The van der Waals surface area contributed by atoms with E-state index in [1.807, 2.05) is 48.5 Å². The summed E-state index contributed by atoms with van der Waals surface area (Å²) in [5.74, 6) is 2.27. The van der Waals surface area contributed by atoms with Gasteiger partial charge in [0.15, 0.2) is 0 Å². The molecule has 0 aromatic heterocycles. The van der Waals surface area contributed by atoms with Crippen molar-refractivity contribution in [2.45, 2.75) is 38.3 Å². The first-order valence-electron chi connectivity index (χ1n) is 8.96. The van der Waals surface area contributed by atoms with Gasteiger partial charge in [-0.1, -0.05) is 36.2 Å². The number of rotatable bonds is 5. The molecule has 130 valence electrons. The Morgan fingerprint density at radius 3 is 2.56 bits per heavy atom. The fourth-order valence-electron chi connectivity index (χ4n) is 4.15. The van der Waals surface area contributed by atoms with Gasteiger partial charge < -0.3 is 10.1 Å². The van der Waals surface area contributed by atoms with Crippen molar-refractivity contribution in [3.63, 3.8) is 0 Å². The number of carbonyl (C=O) groups is 1. The van der Waals surface area contributed by atoms with E-state index in [4.69, 9.17) is 16.3 Å². The Morgan fingerprint density at radius 1 is 1.08 bits per heavy atom. The number of carbonyl (C=O) groups excluding carboxylic acids is 1. The lowest BCUT2D eigenvalue weighted by molar-refractivity contribution is 0.0923. The Hall–Kier alpha value is -2.00. The maximum Gasteiger partial charge on any atom is 0.251 e. The molecule has 2 fully saturated rings. The van der Waals surface area contributed by atoms with E-state index in [2.05, 4.69) is 5.32 Å². The van der Waals surface area contributed by atoms with Gasteiger partial charge in [0.1, 0.15) is 12.4 Å². The van der Waals surface area contributed by atoms with Crippen LogP contribution >= 0.6 is 11.6 Å². The first kappa shape index (κ1) is 16.5. The molecule has 2 aromatic carbocycles. The van der Waals surface area contributed by atoms with Crippen LogP contribution in [-0.2, 0) is 6.61 Å². The fraction of sp³-hybridized carbons (Fsp3) is 0.381. The number of benzene rings is 2. The number of fused-ring (bicyclic) bond motifs is 2. The second-order valence-corrected chi connectivity index (χ2v) is 7.57. The van der Waals surface area contributed by atoms with Crippen molar-refractivity contribution in [1.82, 2.24) is 5.32 Å². The third-order valence-corrected chi connectivity index (χ3v) is 5.89. The van der Waals surface area contributed by atoms with E-state index in [0.29, 0.717) is 29.2 Å². The van der Waals surface area contributed by atoms with Gasteiger partial charge in [-0.3, -0.25) is 4.79 Å². The molecule has 0 aliphatic heterocycles. The van der Waals surface area contributed by atoms with Gasteiger partial charge in [0.25, 0.3) is 5.91 Å². The first-order valence-corrected chi connectivity index (χ1v) is 9.34. The number of halogens is 1. The molecule has 0 radical (unpaired) electrons. The zero-order chi connectivity index (χ0) is 17.2. The van der Waals surface area contributed by atoms with Crippen LogP contribution in [0.5, 0.6) is 5.75 Å². The Morgan fingerprint density at radius 2 is 1.88 bits per heavy atom. The van der Waals surface area contributed by atoms with Crippen LogP contribution in [0.3, 0.4) is 0 Å². The van der Waals surface area contributed by atoms with Crippen LogP contribution in [0.2, 0.25) is 5.02 Å². The summed E-state index contributed by atoms with van der Waals surface area (Å²) in [4.78, 5) is 12.4. The SMILES string of the molecule is O=C(N[C@@H]1C[C@@H]2CC[C@@H]1C2)c1ccc(OCc2ccccc2Cl)cc1. The Balaban J connectivity index is 1.33. The number of hydrogen-bond donors (Lipinski definition) is 1. The van der Waals surface area contributed by atoms with Crippen LogP contribution in [0, 0.1) is 11.8 Å². The molecule has 0 saturated heterocycles. The lowest BCUT2D eigenvalue weighted by Gasteiger charge is -2.22. The summed E-state index contributed by atoms with van der Waals surface area (Å²) >= 11 is 6.13. The van der Waals surface area contributed by atoms with Gasteiger partial charge >= 0.3 is 0 Å². The highest BCUT2D eigenvalue weighted by molar-refractivity contribution is 6.31. The first-order chi connectivity index (χ1) is 12.2. The lowest BCUT2D eigenvalue weighted by Crippen LogP contribution is -2.38. The van der Waals surface area contributed by atoms with Gasteiger partial charge in [0, 0.05) is 22.2 Å². The largest absolute Gasteiger partial charge is 0.489 e. The van der Waals surface area contributed by atoms with Crippen LogP contribution in [0.25, 0.3) is 0 Å². The summed E-state index contributed by atoms with van der Waals surface area (Å²) < 4.78 is 5.77. The molecular formula is C21H22ClNO2. The summed E-state index contributed by atoms with van der Waals surface area (Å²) in [6.45, 7) is 0.413. The molecule has 0 spiro atoms. The van der Waals surface area contributed by atoms with Crippen molar-refractivity contribution in [3.8, 4) is 5.75 Å². The normalized spacial score (nSPS) is 24.3. The molecule has 2 bridgehead atoms. The van der Waals surface area contributed by atoms with Gasteiger partial charge in [0.05, 0.1) is 0 Å². The topological polar surface area (TPSA) is 38.3 Å². The van der Waals surface area contributed by atoms with Crippen molar-refractivity contribution >= 4 is 17.5 Å². The van der Waals surface area contributed by atoms with Gasteiger partial charge in [-0.25, -0.2) is 0 Å². The van der Waals surface area contributed by atoms with E-state index < -0.39 is 0 Å². The van der Waals surface area contributed by atoms with Crippen molar-refractivity contribution in [2.24, 2.45) is 11.8 Å².